The number of hydrogen-bond donors (Lipinski definition) is 1. The Bertz CT molecular complexity index is 493. The van der Waals surface area contributed by atoms with Crippen LogP contribution in [-0.4, -0.2) is 60.6 Å². The molecule has 0 saturated carbocycles. The van der Waals surface area contributed by atoms with E-state index in [9.17, 15) is 10.1 Å². The number of nitrogens with one attached hydrogen (secondary N) is 1. The molecule has 2 aliphatic rings. The lowest BCUT2D eigenvalue weighted by molar-refractivity contribution is -0.389. The summed E-state index contributed by atoms with van der Waals surface area (Å²) in [5, 5.41) is 14.1. The lowest BCUT2D eigenvalue weighted by atomic mass is 9.99. The summed E-state index contributed by atoms with van der Waals surface area (Å²) in [4.78, 5) is 18.9. The Hall–Kier alpha value is -1.73. The van der Waals surface area contributed by atoms with Crippen LogP contribution >= 0.6 is 0 Å². The zero-order chi connectivity index (χ0) is 15.4. The molecule has 7 nitrogen and oxygen atoms in total. The van der Waals surface area contributed by atoms with Crippen LogP contribution in [0.25, 0.3) is 0 Å². The van der Waals surface area contributed by atoms with Gasteiger partial charge in [-0.1, -0.05) is 0 Å². The fraction of sp³-hybridized carbons (Fsp3) is 0.667. The van der Waals surface area contributed by atoms with Crippen LogP contribution in [0.3, 0.4) is 0 Å². The number of nitro groups is 1. The first kappa shape index (κ1) is 15.2. The number of pyridine rings is 1. The summed E-state index contributed by atoms with van der Waals surface area (Å²) in [6.45, 7) is 7.50. The van der Waals surface area contributed by atoms with Crippen LogP contribution in [0.5, 0.6) is 0 Å². The minimum atomic E-state index is -0.458. The van der Waals surface area contributed by atoms with Crippen molar-refractivity contribution in [2.24, 2.45) is 5.92 Å². The van der Waals surface area contributed by atoms with Crippen LogP contribution in [-0.2, 0) is 0 Å². The lowest BCUT2D eigenvalue weighted by Crippen LogP contribution is -2.49. The zero-order valence-corrected chi connectivity index (χ0v) is 12.8. The highest BCUT2D eigenvalue weighted by atomic mass is 16.6. The van der Waals surface area contributed by atoms with Gasteiger partial charge in [-0.2, -0.15) is 0 Å². The average molecular weight is 305 g/mol. The molecule has 2 saturated heterocycles. The van der Waals surface area contributed by atoms with Crippen molar-refractivity contribution >= 4 is 11.5 Å². The molecule has 22 heavy (non-hydrogen) atoms. The van der Waals surface area contributed by atoms with E-state index < -0.39 is 4.92 Å². The van der Waals surface area contributed by atoms with Crippen LogP contribution in [0.4, 0.5) is 11.5 Å². The Morgan fingerprint density at radius 2 is 2.14 bits per heavy atom. The van der Waals surface area contributed by atoms with Gasteiger partial charge in [0.25, 0.3) is 0 Å². The van der Waals surface area contributed by atoms with E-state index in [1.807, 2.05) is 0 Å². The molecule has 1 aromatic rings. The minimum Gasteiger partial charge on any atom is -0.366 e. The second-order valence-electron chi connectivity index (χ2n) is 6.13. The van der Waals surface area contributed by atoms with Gasteiger partial charge in [0.15, 0.2) is 6.20 Å². The monoisotopic (exact) mass is 305 g/mol. The average Bonchev–Trinajstić information content (AvgIpc) is 2.57. The van der Waals surface area contributed by atoms with Crippen molar-refractivity contribution in [3.63, 3.8) is 0 Å². The maximum atomic E-state index is 10.6. The molecule has 0 aromatic carbocycles. The standard InChI is InChI=1S/C15H23N5O2/c21-20(22)15-4-3-14(11-17-15)19-8-6-18(7-9-19)12-13-2-1-5-16-10-13/h3-4,11,13,16H,1-2,5-10,12H2. The van der Waals surface area contributed by atoms with Crippen LogP contribution in [0.2, 0.25) is 0 Å². The predicted octanol–water partition coefficient (Wildman–Crippen LogP) is 1.11. The number of piperazine rings is 1. The van der Waals surface area contributed by atoms with Gasteiger partial charge in [0.05, 0.1) is 5.69 Å². The van der Waals surface area contributed by atoms with Gasteiger partial charge in [0.2, 0.25) is 0 Å². The molecule has 0 amide bonds. The predicted molar refractivity (Wildman–Crippen MR) is 85.1 cm³/mol. The largest absolute Gasteiger partial charge is 0.366 e. The summed E-state index contributed by atoms with van der Waals surface area (Å²) in [6, 6.07) is 3.28. The van der Waals surface area contributed by atoms with E-state index in [-0.39, 0.29) is 5.82 Å². The molecule has 1 atom stereocenters. The van der Waals surface area contributed by atoms with Gasteiger partial charge in [-0.25, -0.2) is 0 Å². The van der Waals surface area contributed by atoms with Gasteiger partial charge in [0.1, 0.15) is 0 Å². The molecular weight excluding hydrogens is 282 g/mol. The van der Waals surface area contributed by atoms with Gasteiger partial charge in [-0.15, -0.1) is 0 Å². The maximum absolute atomic E-state index is 10.6. The first-order chi connectivity index (χ1) is 10.7. The summed E-state index contributed by atoms with van der Waals surface area (Å²) in [7, 11) is 0. The van der Waals surface area contributed by atoms with Crippen molar-refractivity contribution in [2.75, 3.05) is 50.7 Å². The first-order valence-electron chi connectivity index (χ1n) is 8.01. The summed E-state index contributed by atoms with van der Waals surface area (Å²) in [5.74, 6) is 0.688. The third-order valence-corrected chi connectivity index (χ3v) is 4.57. The summed E-state index contributed by atoms with van der Waals surface area (Å²) < 4.78 is 0. The van der Waals surface area contributed by atoms with Crippen LogP contribution in [0.1, 0.15) is 12.8 Å². The topological polar surface area (TPSA) is 74.5 Å². The summed E-state index contributed by atoms with van der Waals surface area (Å²) in [5.41, 5.74) is 0.976. The van der Waals surface area contributed by atoms with Gasteiger partial charge in [-0.3, -0.25) is 4.90 Å². The van der Waals surface area contributed by atoms with Gasteiger partial charge in [0, 0.05) is 38.8 Å². The Morgan fingerprint density at radius 1 is 1.32 bits per heavy atom. The fourth-order valence-electron chi connectivity index (χ4n) is 3.31. The number of piperidine rings is 1. The number of nitrogens with zero attached hydrogens (tertiary/aromatic N) is 4. The highest BCUT2D eigenvalue weighted by Crippen LogP contribution is 2.19. The molecule has 120 valence electrons. The summed E-state index contributed by atoms with van der Waals surface area (Å²) >= 11 is 0. The van der Waals surface area contributed by atoms with E-state index in [0.717, 1.165) is 50.9 Å². The van der Waals surface area contributed by atoms with Crippen LogP contribution < -0.4 is 10.2 Å². The molecule has 2 fully saturated rings. The maximum Gasteiger partial charge on any atom is 0.363 e. The van der Waals surface area contributed by atoms with Crippen molar-refractivity contribution in [1.82, 2.24) is 15.2 Å². The number of hydrogen-bond acceptors (Lipinski definition) is 6. The highest BCUT2D eigenvalue weighted by Gasteiger charge is 2.22. The van der Waals surface area contributed by atoms with E-state index in [1.165, 1.54) is 25.5 Å². The second kappa shape index (κ2) is 7.02. The normalized spacial score (nSPS) is 23.5. The van der Waals surface area contributed by atoms with Crippen LogP contribution in [0, 0.1) is 16.0 Å². The lowest BCUT2D eigenvalue weighted by Gasteiger charge is -2.37. The van der Waals surface area contributed by atoms with E-state index in [1.54, 1.807) is 12.3 Å². The number of anilines is 1. The molecular formula is C15H23N5O2. The molecule has 0 aliphatic carbocycles. The molecule has 1 unspecified atom stereocenters. The van der Waals surface area contributed by atoms with Crippen LogP contribution in [0.15, 0.2) is 18.3 Å². The van der Waals surface area contributed by atoms with Gasteiger partial charge >= 0.3 is 5.82 Å². The Kier molecular flexibility index (Phi) is 4.84. The van der Waals surface area contributed by atoms with Crippen molar-refractivity contribution in [2.45, 2.75) is 12.8 Å². The van der Waals surface area contributed by atoms with Gasteiger partial charge in [-0.05, 0) is 47.8 Å². The quantitative estimate of drug-likeness (QED) is 0.663. The molecule has 3 rings (SSSR count). The van der Waals surface area contributed by atoms with E-state index in [0.29, 0.717) is 0 Å². The first-order valence-corrected chi connectivity index (χ1v) is 8.01. The number of rotatable bonds is 4. The fourth-order valence-corrected chi connectivity index (χ4v) is 3.31. The Balaban J connectivity index is 1.49. The second-order valence-corrected chi connectivity index (χ2v) is 6.13. The SMILES string of the molecule is O=[N+]([O-])c1ccc(N2CCN(CC3CCCNC3)CC2)cn1. The number of aromatic nitrogens is 1. The van der Waals surface area contributed by atoms with Crippen molar-refractivity contribution in [3.05, 3.63) is 28.4 Å². The van der Waals surface area contributed by atoms with Crippen molar-refractivity contribution in [3.8, 4) is 0 Å². The molecule has 2 aliphatic heterocycles. The molecule has 0 spiro atoms. The van der Waals surface area contributed by atoms with E-state index >= 15 is 0 Å². The smallest absolute Gasteiger partial charge is 0.363 e. The zero-order valence-electron chi connectivity index (χ0n) is 12.8. The molecule has 3 heterocycles. The van der Waals surface area contributed by atoms with Crippen molar-refractivity contribution in [1.29, 1.82) is 0 Å². The summed E-state index contributed by atoms with van der Waals surface area (Å²) in [6.07, 6.45) is 4.23. The molecule has 1 aromatic heterocycles. The Morgan fingerprint density at radius 3 is 2.73 bits per heavy atom. The molecule has 1 N–H and O–H groups in total. The van der Waals surface area contributed by atoms with Gasteiger partial charge < -0.3 is 20.3 Å². The highest BCUT2D eigenvalue weighted by molar-refractivity contribution is 5.46. The molecule has 7 heteroatoms. The third kappa shape index (κ3) is 3.72. The minimum absolute atomic E-state index is 0.0906. The molecule has 0 radical (unpaired) electrons. The molecule has 0 bridgehead atoms. The Labute approximate surface area is 130 Å². The third-order valence-electron chi connectivity index (χ3n) is 4.57. The van der Waals surface area contributed by atoms with E-state index in [2.05, 4.69) is 20.1 Å². The van der Waals surface area contributed by atoms with Crippen molar-refractivity contribution < 1.29 is 4.92 Å². The van der Waals surface area contributed by atoms with E-state index in [4.69, 9.17) is 0 Å².